The van der Waals surface area contributed by atoms with Crippen LogP contribution in [0.2, 0.25) is 8.87 Å². The molecule has 0 atom stereocenters. The van der Waals surface area contributed by atoms with Crippen molar-refractivity contribution in [2.45, 2.75) is 60.4 Å². The average Bonchev–Trinajstić information content (AvgIpc) is 2.19. The smallest absolute Gasteiger partial charge is 0.364 e. The first kappa shape index (κ1) is 24.4. The molecule has 0 heterocycles. The maximum atomic E-state index is 9.08. The molecule has 8 heteroatoms. The molecular weight excluding hydrogens is 454 g/mol. The summed E-state index contributed by atoms with van der Waals surface area (Å²) in [7, 11) is 0. The number of hydrogen-bond donors (Lipinski definition) is 0. The first-order valence-corrected chi connectivity index (χ1v) is 9.63. The van der Waals surface area contributed by atoms with E-state index in [1.54, 1.807) is 45.0 Å². The van der Waals surface area contributed by atoms with E-state index in [4.69, 9.17) is 30.6 Å². The molecule has 0 aliphatic carbocycles. The molecule has 18 heavy (non-hydrogen) atoms. The van der Waals surface area contributed by atoms with Crippen molar-refractivity contribution in [2.24, 2.45) is 0 Å². The molecule has 6 nitrogen and oxygen atoms in total. The van der Waals surface area contributed by atoms with E-state index in [0.29, 0.717) is 0 Å². The molecule has 102 valence electrons. The van der Waals surface area contributed by atoms with Crippen molar-refractivity contribution < 1.29 is 30.6 Å². The van der Waals surface area contributed by atoms with E-state index in [1.807, 2.05) is 0 Å². The van der Waals surface area contributed by atoms with Gasteiger partial charge in [-0.3, -0.25) is 0 Å². The third kappa shape index (κ3) is 22.5. The van der Waals surface area contributed by atoms with Crippen LogP contribution in [0.3, 0.4) is 0 Å². The molecule has 0 aromatic carbocycles. The van der Waals surface area contributed by atoms with E-state index in [2.05, 4.69) is 13.8 Å². The van der Waals surface area contributed by atoms with E-state index in [9.17, 15) is 0 Å². The Balaban J connectivity index is -0.000000197. The molecule has 0 saturated heterocycles. The Morgan fingerprint density at radius 1 is 0.667 bits per heavy atom. The second kappa shape index (κ2) is 14.8. The molecule has 0 N–H and O–H groups in total. The van der Waals surface area contributed by atoms with Gasteiger partial charge in [-0.1, -0.05) is 0 Å². The van der Waals surface area contributed by atoms with Crippen LogP contribution in [0.5, 0.6) is 0 Å². The first-order valence-electron chi connectivity index (χ1n) is 5.60. The van der Waals surface area contributed by atoms with Gasteiger partial charge in [0.1, 0.15) is 0 Å². The van der Waals surface area contributed by atoms with Crippen LogP contribution < -0.4 is 30.6 Å². The third-order valence-corrected chi connectivity index (χ3v) is 3.45. The minimum absolute atomic E-state index is 1.37. The van der Waals surface area contributed by atoms with Crippen molar-refractivity contribution in [2.75, 3.05) is 0 Å². The predicted molar refractivity (Wildman–Crippen MR) is 56.4 cm³/mol. The second-order valence-corrected chi connectivity index (χ2v) is 6.17. The SMILES string of the molecule is CCC[CH2][Sn+3].CCC[CH2][Sn+3].[O-]C([O-])([O-])C([O-])([O-])[O-]. The van der Waals surface area contributed by atoms with Crippen LogP contribution in [-0.4, -0.2) is 57.0 Å². The molecular formula is C10H18O6Sn2. The van der Waals surface area contributed by atoms with E-state index in [0.717, 1.165) is 0 Å². The van der Waals surface area contributed by atoms with Gasteiger partial charge in [0.2, 0.25) is 0 Å². The maximum Gasteiger partial charge on any atom is -0.364 e. The van der Waals surface area contributed by atoms with E-state index in [-0.39, 0.29) is 0 Å². The fourth-order valence-corrected chi connectivity index (χ4v) is 2.37. The summed E-state index contributed by atoms with van der Waals surface area (Å²) in [5.41, 5.74) is 0. The summed E-state index contributed by atoms with van der Waals surface area (Å²) in [4.78, 5) is 0. The summed E-state index contributed by atoms with van der Waals surface area (Å²) in [5.74, 6) is -9.96. The topological polar surface area (TPSA) is 138 Å². The summed E-state index contributed by atoms with van der Waals surface area (Å²) < 4.78 is 2.87. The van der Waals surface area contributed by atoms with Gasteiger partial charge in [-0.2, -0.15) is 0 Å². The van der Waals surface area contributed by atoms with Gasteiger partial charge in [0.15, 0.2) is 0 Å². The van der Waals surface area contributed by atoms with Gasteiger partial charge in [-0.05, 0) is 0 Å². The molecule has 0 amide bonds. The van der Waals surface area contributed by atoms with Crippen LogP contribution in [0.15, 0.2) is 0 Å². The molecule has 0 fully saturated rings. The van der Waals surface area contributed by atoms with E-state index in [1.165, 1.54) is 34.6 Å². The molecule has 0 aliphatic rings. The Bertz CT molecular complexity index is 133. The number of hydrogen-bond acceptors (Lipinski definition) is 6. The third-order valence-electron chi connectivity index (χ3n) is 1.44. The van der Waals surface area contributed by atoms with Crippen LogP contribution in [0.1, 0.15) is 39.5 Å². The van der Waals surface area contributed by atoms with Gasteiger partial charge in [-0.15, -0.1) is 0 Å². The van der Waals surface area contributed by atoms with Crippen molar-refractivity contribution in [1.29, 1.82) is 0 Å². The van der Waals surface area contributed by atoms with Gasteiger partial charge >= 0.3 is 93.5 Å². The monoisotopic (exact) mass is 474 g/mol. The van der Waals surface area contributed by atoms with Gasteiger partial charge < -0.3 is 42.6 Å². The Labute approximate surface area is 135 Å². The average molecular weight is 472 g/mol. The molecule has 0 saturated carbocycles. The van der Waals surface area contributed by atoms with E-state index < -0.39 is 11.9 Å². The summed E-state index contributed by atoms with van der Waals surface area (Å²) in [6.07, 6.45) is 5.59. The van der Waals surface area contributed by atoms with Gasteiger partial charge in [0.25, 0.3) is 0 Å². The Hall–Kier alpha value is 1.36. The largest absolute Gasteiger partial charge is 0.879 e. The van der Waals surface area contributed by atoms with Gasteiger partial charge in [-0.25, -0.2) is 0 Å². The first-order chi connectivity index (χ1) is 8.08. The Kier molecular flexibility index (Phi) is 20.0. The molecule has 0 spiro atoms. The molecule has 0 rings (SSSR count). The van der Waals surface area contributed by atoms with Crippen molar-refractivity contribution in [3.63, 3.8) is 0 Å². The molecule has 0 aliphatic heterocycles. The zero-order chi connectivity index (χ0) is 15.2. The van der Waals surface area contributed by atoms with Gasteiger partial charge in [0, 0.05) is 0 Å². The van der Waals surface area contributed by atoms with E-state index >= 15 is 0 Å². The van der Waals surface area contributed by atoms with Crippen molar-refractivity contribution in [3.8, 4) is 0 Å². The summed E-state index contributed by atoms with van der Waals surface area (Å²) in [6.45, 7) is 4.45. The molecule has 0 aromatic rings. The zero-order valence-corrected chi connectivity index (χ0v) is 16.4. The van der Waals surface area contributed by atoms with Crippen molar-refractivity contribution >= 4 is 45.0 Å². The van der Waals surface area contributed by atoms with Crippen LogP contribution in [-0.2, 0) is 0 Å². The zero-order valence-electron chi connectivity index (χ0n) is 10.7. The molecule has 0 radical (unpaired) electrons. The quantitative estimate of drug-likeness (QED) is 0.291. The Morgan fingerprint density at radius 3 is 0.889 bits per heavy atom. The number of rotatable bonds is 5. The standard InChI is InChI=1S/2C4H9.C2O6.2Sn/c2*1-3-4-2;3-1(4,5)2(6,7)8;;/h2*1,3-4H2,2H3;;;/q;;-6;2*+3. The molecule has 0 bridgehead atoms. The number of unbranched alkanes of at least 4 members (excludes halogenated alkanes) is 2. The second-order valence-electron chi connectivity index (χ2n) is 3.32. The fraction of sp³-hybridized carbons (Fsp3) is 1.00. The maximum absolute atomic E-state index is 9.08. The van der Waals surface area contributed by atoms with Crippen LogP contribution >= 0.6 is 0 Å². The van der Waals surface area contributed by atoms with Crippen LogP contribution in [0.25, 0.3) is 0 Å². The molecule has 0 unspecified atom stereocenters. The van der Waals surface area contributed by atoms with Crippen LogP contribution in [0.4, 0.5) is 0 Å². The molecule has 0 aromatic heterocycles. The van der Waals surface area contributed by atoms with Crippen molar-refractivity contribution in [3.05, 3.63) is 0 Å². The van der Waals surface area contributed by atoms with Crippen LogP contribution in [0, 0.1) is 0 Å². The summed E-state index contributed by atoms with van der Waals surface area (Å²) in [5, 5.41) is 54.5. The summed E-state index contributed by atoms with van der Waals surface area (Å²) in [6, 6.07) is 0. The fourth-order valence-electron chi connectivity index (χ4n) is 0.354. The minimum atomic E-state index is -4.98. The predicted octanol–water partition coefficient (Wildman–Crippen LogP) is -4.80. The Morgan fingerprint density at radius 2 is 0.889 bits per heavy atom. The van der Waals surface area contributed by atoms with Crippen molar-refractivity contribution in [1.82, 2.24) is 0 Å². The van der Waals surface area contributed by atoms with Gasteiger partial charge in [0.05, 0.1) is 0 Å². The normalized spacial score (nSPS) is 11.1. The summed E-state index contributed by atoms with van der Waals surface area (Å²) >= 11 is 3.37. The minimum Gasteiger partial charge on any atom is -0.879 e.